The van der Waals surface area contributed by atoms with E-state index >= 15 is 17.6 Å². The molecule has 534 valence electrons. The van der Waals surface area contributed by atoms with Crippen molar-refractivity contribution in [1.29, 1.82) is 0 Å². The van der Waals surface area contributed by atoms with Gasteiger partial charge in [-0.3, -0.25) is 9.59 Å². The minimum Gasteiger partial charge on any atom is -0.491 e. The molecule has 6 aromatic carbocycles. The van der Waals surface area contributed by atoms with Gasteiger partial charge in [0.15, 0.2) is 46.3 Å². The molecule has 6 aromatic rings. The first-order chi connectivity index (χ1) is 49.4. The molecular formula is C89H102F4O8. The summed E-state index contributed by atoms with van der Waals surface area (Å²) in [6.45, 7) is 10.4. The van der Waals surface area contributed by atoms with Crippen LogP contribution < -0.4 is 28.4 Å². The molecule has 0 N–H and O–H groups in total. The lowest BCUT2D eigenvalue weighted by Gasteiger charge is -2.25. The van der Waals surface area contributed by atoms with E-state index in [2.05, 4.69) is 75.1 Å². The second kappa shape index (κ2) is 43.7. The maximum Gasteiger partial charge on any atom is 0.315 e. The normalized spacial score (nSPS) is 14.7. The largest absolute Gasteiger partial charge is 0.491 e. The zero-order valence-corrected chi connectivity index (χ0v) is 60.0. The van der Waals surface area contributed by atoms with Gasteiger partial charge in [-0.15, -0.1) is 0 Å². The minimum atomic E-state index is -1.00. The fourth-order valence-corrected chi connectivity index (χ4v) is 12.7. The van der Waals surface area contributed by atoms with Gasteiger partial charge in [0.2, 0.25) is 0 Å². The smallest absolute Gasteiger partial charge is 0.315 e. The Morgan fingerprint density at radius 1 is 0.307 bits per heavy atom. The molecule has 2 aliphatic rings. The van der Waals surface area contributed by atoms with Gasteiger partial charge in [0.1, 0.15) is 11.5 Å². The average Bonchev–Trinajstić information content (AvgIpc) is 1.60. The number of esters is 2. The van der Waals surface area contributed by atoms with E-state index in [1.54, 1.807) is 84.9 Å². The van der Waals surface area contributed by atoms with E-state index in [1.165, 1.54) is 127 Å². The lowest BCUT2D eigenvalue weighted by molar-refractivity contribution is -0.151. The van der Waals surface area contributed by atoms with Crippen molar-refractivity contribution in [2.75, 3.05) is 26.4 Å². The Hall–Kier alpha value is -8.84. The number of unbranched alkanes of at least 4 members (excludes halogenated alkanes) is 24. The predicted octanol–water partition coefficient (Wildman–Crippen LogP) is 22.3. The van der Waals surface area contributed by atoms with Gasteiger partial charge in [0.05, 0.1) is 49.4 Å². The van der Waals surface area contributed by atoms with E-state index in [4.69, 9.17) is 28.4 Å². The highest BCUT2D eigenvalue weighted by molar-refractivity contribution is 5.87. The van der Waals surface area contributed by atoms with Crippen LogP contribution in [0.1, 0.15) is 258 Å². The summed E-state index contributed by atoms with van der Waals surface area (Å²) >= 11 is 0. The van der Waals surface area contributed by atoms with Crippen LogP contribution in [0.15, 0.2) is 121 Å². The van der Waals surface area contributed by atoms with Gasteiger partial charge in [-0.1, -0.05) is 241 Å². The zero-order valence-electron chi connectivity index (χ0n) is 60.0. The molecule has 0 heterocycles. The molecule has 0 unspecified atom stereocenters. The maximum atomic E-state index is 15.5. The summed E-state index contributed by atoms with van der Waals surface area (Å²) in [5.74, 6) is 18.7. The van der Waals surface area contributed by atoms with Gasteiger partial charge >= 0.3 is 11.9 Å². The quantitative estimate of drug-likeness (QED) is 0.00939. The van der Waals surface area contributed by atoms with Crippen LogP contribution in [0.2, 0.25) is 0 Å². The predicted molar refractivity (Wildman–Crippen MR) is 395 cm³/mol. The summed E-state index contributed by atoms with van der Waals surface area (Å²) in [5, 5.41) is 0. The molecule has 8 rings (SSSR count). The summed E-state index contributed by atoms with van der Waals surface area (Å²) in [4.78, 5) is 29.9. The lowest BCUT2D eigenvalue weighted by atomic mass is 9.83. The Bertz CT molecular complexity index is 3670. The van der Waals surface area contributed by atoms with Crippen LogP contribution in [0.5, 0.6) is 34.5 Å². The number of hydrogen-bond acceptors (Lipinski definition) is 8. The highest BCUT2D eigenvalue weighted by Crippen LogP contribution is 2.49. The number of ether oxygens (including phenoxy) is 6. The summed E-state index contributed by atoms with van der Waals surface area (Å²) < 4.78 is 97.8. The van der Waals surface area contributed by atoms with Gasteiger partial charge in [-0.2, -0.15) is 0 Å². The highest BCUT2D eigenvalue weighted by Gasteiger charge is 2.53. The second-order valence-electron chi connectivity index (χ2n) is 26.7. The Labute approximate surface area is 599 Å². The molecule has 4 atom stereocenters. The molecule has 2 aliphatic carbocycles. The summed E-state index contributed by atoms with van der Waals surface area (Å²) in [7, 11) is 0. The van der Waals surface area contributed by atoms with E-state index in [0.717, 1.165) is 77.0 Å². The van der Waals surface area contributed by atoms with Crippen LogP contribution in [-0.4, -0.2) is 38.4 Å². The molecule has 0 spiro atoms. The van der Waals surface area contributed by atoms with Crippen LogP contribution in [0.25, 0.3) is 0 Å². The Kier molecular flexibility index (Phi) is 33.7. The average molecular weight is 1380 g/mol. The number of allylic oxidation sites excluding steroid dienone is 2. The van der Waals surface area contributed by atoms with Gasteiger partial charge < -0.3 is 28.4 Å². The number of rotatable bonds is 40. The SMILES string of the molecule is CCCCCCCCCOc1ccc(C#Cc2ccc(C#Cc3ccc(OCCCCCCCCC)c(F)c3)c(OC(=O)[C@H]3[C@H](C(=O)Oc4cc(C#Cc5ccc(OCCCCCCCCC)c(F)c5)ccc4C#Cc4ccc(OCCCCCCCCC)c(F)c4)[C@H]4C=C[C@@H]3C4)c2)cc1F. The molecule has 1 fully saturated rings. The van der Waals surface area contributed by atoms with Crippen molar-refractivity contribution >= 4 is 11.9 Å². The van der Waals surface area contributed by atoms with Crippen LogP contribution in [0, 0.1) is 94.3 Å². The number of hydrogen-bond donors (Lipinski definition) is 0. The first-order valence-corrected chi connectivity index (χ1v) is 37.6. The summed E-state index contributed by atoms with van der Waals surface area (Å²) in [6, 6.07) is 28.1. The fraction of sp³-hybridized carbons (Fsp3) is 0.461. The lowest BCUT2D eigenvalue weighted by Crippen LogP contribution is -2.37. The molecule has 0 aliphatic heterocycles. The van der Waals surface area contributed by atoms with Crippen molar-refractivity contribution in [2.45, 2.75) is 214 Å². The fourth-order valence-electron chi connectivity index (χ4n) is 12.7. The van der Waals surface area contributed by atoms with Crippen LogP contribution >= 0.6 is 0 Å². The zero-order chi connectivity index (χ0) is 71.2. The topological polar surface area (TPSA) is 89.5 Å². The minimum absolute atomic E-state index is 0.0437. The molecule has 2 bridgehead atoms. The first-order valence-electron chi connectivity index (χ1n) is 37.6. The van der Waals surface area contributed by atoms with Crippen LogP contribution in [0.3, 0.4) is 0 Å². The van der Waals surface area contributed by atoms with E-state index in [9.17, 15) is 9.59 Å². The Morgan fingerprint density at radius 2 is 0.545 bits per heavy atom. The molecule has 101 heavy (non-hydrogen) atoms. The molecule has 0 saturated heterocycles. The van der Waals surface area contributed by atoms with Crippen molar-refractivity contribution in [3.8, 4) is 81.9 Å². The Morgan fingerprint density at radius 3 is 0.812 bits per heavy atom. The summed E-state index contributed by atoms with van der Waals surface area (Å²) in [6.07, 6.45) is 35.4. The van der Waals surface area contributed by atoms with Crippen LogP contribution in [-0.2, 0) is 9.59 Å². The number of benzene rings is 6. The van der Waals surface area contributed by atoms with Gasteiger partial charge in [-0.05, 0) is 153 Å². The third-order valence-corrected chi connectivity index (χ3v) is 18.5. The Balaban J connectivity index is 1.03. The number of halogens is 4. The standard InChI is InChI=1S/C89H102F4O8/c1-5-9-13-17-21-25-29-55-96-80-51-41-66(59-76(80)90)33-35-70-39-47-72(45-37-68-43-53-82(78(92)61-68)98-57-31-27-23-19-15-11-7-3)84(63-70)100-88(94)86-74-49-50-75(65-74)87(86)89(95)101-85-64-71(36-34-67-42-52-81(77(91)60-67)97-56-30-26-22-18-14-10-6-2)40-48-73(85)46-38-69-44-54-83(79(93)62-69)99-58-32-28-24-20-16-12-8-4/h39-44,47-54,59-64,74-75,86-87H,5-32,55-58,65H2,1-4H3/t74-,75+,86-,87-/m1/s1. The number of carbonyl (C=O) groups is 2. The van der Waals surface area contributed by atoms with Crippen molar-refractivity contribution in [3.05, 3.63) is 189 Å². The molecule has 0 aromatic heterocycles. The molecule has 0 amide bonds. The van der Waals surface area contributed by atoms with Gasteiger partial charge in [0, 0.05) is 33.4 Å². The number of carbonyl (C=O) groups excluding carboxylic acids is 2. The highest BCUT2D eigenvalue weighted by atomic mass is 19.1. The van der Waals surface area contributed by atoms with E-state index in [0.29, 0.717) is 66.2 Å². The molecular weight excluding hydrogens is 1270 g/mol. The van der Waals surface area contributed by atoms with E-state index < -0.39 is 47.0 Å². The first kappa shape index (κ1) is 77.9. The third-order valence-electron chi connectivity index (χ3n) is 18.5. The van der Waals surface area contributed by atoms with Gasteiger partial charge in [-0.25, -0.2) is 17.6 Å². The molecule has 0 radical (unpaired) electrons. The van der Waals surface area contributed by atoms with E-state index in [1.807, 2.05) is 12.2 Å². The molecule has 8 nitrogen and oxygen atoms in total. The molecule has 1 saturated carbocycles. The maximum absolute atomic E-state index is 15.5. The van der Waals surface area contributed by atoms with E-state index in [-0.39, 0.29) is 57.5 Å². The number of fused-ring (bicyclic) bond motifs is 2. The van der Waals surface area contributed by atoms with Crippen molar-refractivity contribution < 1.29 is 55.6 Å². The van der Waals surface area contributed by atoms with Gasteiger partial charge in [0.25, 0.3) is 0 Å². The third kappa shape index (κ3) is 26.2. The monoisotopic (exact) mass is 1370 g/mol. The van der Waals surface area contributed by atoms with Crippen molar-refractivity contribution in [3.63, 3.8) is 0 Å². The van der Waals surface area contributed by atoms with Crippen molar-refractivity contribution in [1.82, 2.24) is 0 Å². The van der Waals surface area contributed by atoms with Crippen molar-refractivity contribution in [2.24, 2.45) is 23.7 Å². The second-order valence-corrected chi connectivity index (χ2v) is 26.7. The summed E-state index contributed by atoms with van der Waals surface area (Å²) in [5.41, 5.74) is 2.92. The molecule has 12 heteroatoms. The van der Waals surface area contributed by atoms with Crippen LogP contribution in [0.4, 0.5) is 17.6 Å².